The van der Waals surface area contributed by atoms with Crippen molar-refractivity contribution in [2.75, 3.05) is 6.61 Å². The maximum Gasteiger partial charge on any atom is 0.469 e. The van der Waals surface area contributed by atoms with Crippen LogP contribution >= 0.6 is 23.8 Å². The number of ether oxygens (including phenoxy) is 1. The lowest BCUT2D eigenvalue weighted by atomic mass is 10.1. The predicted octanol–water partition coefficient (Wildman–Crippen LogP) is 1.49. The number of halogens is 1. The molecule has 1 fully saturated rings. The highest BCUT2D eigenvalue weighted by Gasteiger charge is 2.45. The maximum absolute atomic E-state index is 10.9. The summed E-state index contributed by atoms with van der Waals surface area (Å²) in [6.45, 7) is -0.608. The summed E-state index contributed by atoms with van der Waals surface area (Å²) in [6.07, 6.45) is -0.173. The largest absolute Gasteiger partial charge is 0.469 e. The highest BCUT2D eigenvalue weighted by molar-refractivity contribution is 9.10. The highest BCUT2D eigenvalue weighted by Crippen LogP contribution is 2.39. The molecule has 3 heterocycles. The van der Waals surface area contributed by atoms with Gasteiger partial charge in [-0.05, 0) is 27.6 Å². The summed E-state index contributed by atoms with van der Waals surface area (Å²) in [5.41, 5.74) is 2.27. The van der Waals surface area contributed by atoms with Crippen molar-refractivity contribution in [1.29, 1.82) is 0 Å². The van der Waals surface area contributed by atoms with E-state index in [1.165, 1.54) is 10.9 Å². The first-order valence-electron chi connectivity index (χ1n) is 9.08. The van der Waals surface area contributed by atoms with Gasteiger partial charge in [0.15, 0.2) is 16.6 Å². The van der Waals surface area contributed by atoms with E-state index in [1.807, 2.05) is 36.4 Å². The zero-order valence-electron chi connectivity index (χ0n) is 15.8. The lowest BCUT2D eigenvalue weighted by Gasteiger charge is -2.17. The number of imidazole rings is 1. The minimum Gasteiger partial charge on any atom is -0.387 e. The van der Waals surface area contributed by atoms with E-state index in [0.717, 1.165) is 5.56 Å². The first kappa shape index (κ1) is 22.2. The Morgan fingerprint density at radius 3 is 2.61 bits per heavy atom. The number of phosphoric acid groups is 1. The highest BCUT2D eigenvalue weighted by atomic mass is 79.9. The summed E-state index contributed by atoms with van der Waals surface area (Å²) in [5, 5.41) is 20.7. The fraction of sp³-hybridized carbons (Fsp3) is 0.278. The molecule has 4 atom stereocenters. The summed E-state index contributed by atoms with van der Waals surface area (Å²) < 4.78 is 22.7. The first-order valence-corrected chi connectivity index (χ1v) is 11.4. The lowest BCUT2D eigenvalue weighted by Crippen LogP contribution is -2.33. The third-order valence-corrected chi connectivity index (χ3v) is 5.74. The Bertz CT molecular complexity index is 1150. The number of phosphoric ester groups is 1. The van der Waals surface area contributed by atoms with Crippen LogP contribution in [-0.2, 0) is 13.8 Å². The van der Waals surface area contributed by atoms with Crippen LogP contribution in [0.3, 0.4) is 0 Å². The minimum absolute atomic E-state index is 0.269. The van der Waals surface area contributed by atoms with E-state index in [2.05, 4.69) is 35.4 Å². The van der Waals surface area contributed by atoms with Crippen LogP contribution in [0.2, 0.25) is 0 Å². The fourth-order valence-electron chi connectivity index (χ4n) is 3.24. The molecule has 4 N–H and O–H groups in total. The molecule has 0 radical (unpaired) electrons. The number of benzene rings is 1. The molecule has 1 aliphatic rings. The van der Waals surface area contributed by atoms with Crippen molar-refractivity contribution in [3.05, 3.63) is 52.7 Å². The third-order valence-electron chi connectivity index (χ3n) is 4.69. The topological polar surface area (TPSA) is 160 Å². The standard InChI is InChI=1S/C18H18BrN4O7P/c19-18-22-13-11(7-6-10-4-2-1-3-5-10)20-9-21-16(13)23(18)17-15(25)14(24)12(30-17)8-29-31(26,27)28/h1-7,9,12,14-15,17,24-25H,8H2,(H2,26,27,28)/t12-,14-,15-,17-/m1/s1. The number of rotatable bonds is 6. The molecule has 164 valence electrons. The summed E-state index contributed by atoms with van der Waals surface area (Å²) in [7, 11) is -4.76. The van der Waals surface area contributed by atoms with Crippen LogP contribution in [-0.4, -0.2) is 64.4 Å². The number of aliphatic hydroxyl groups is 2. The van der Waals surface area contributed by atoms with E-state index in [0.29, 0.717) is 16.9 Å². The average molecular weight is 513 g/mol. The molecule has 0 spiro atoms. The maximum atomic E-state index is 10.9. The van der Waals surface area contributed by atoms with Crippen molar-refractivity contribution in [3.8, 4) is 0 Å². The number of fused-ring (bicyclic) bond motifs is 1. The molecule has 0 amide bonds. The van der Waals surface area contributed by atoms with Gasteiger partial charge in [0.05, 0.1) is 12.3 Å². The van der Waals surface area contributed by atoms with E-state index < -0.39 is 39.0 Å². The molecular formula is C18H18BrN4O7P. The Morgan fingerprint density at radius 2 is 1.90 bits per heavy atom. The van der Waals surface area contributed by atoms with Gasteiger partial charge in [-0.25, -0.2) is 19.5 Å². The normalized spacial score (nSPS) is 24.4. The van der Waals surface area contributed by atoms with E-state index in [1.54, 1.807) is 6.08 Å². The van der Waals surface area contributed by atoms with Crippen molar-refractivity contribution in [2.24, 2.45) is 0 Å². The van der Waals surface area contributed by atoms with Gasteiger partial charge in [-0.15, -0.1) is 0 Å². The van der Waals surface area contributed by atoms with E-state index in [9.17, 15) is 14.8 Å². The van der Waals surface area contributed by atoms with Crippen molar-refractivity contribution in [2.45, 2.75) is 24.5 Å². The summed E-state index contributed by atoms with van der Waals surface area (Å²) in [4.78, 5) is 30.6. The quantitative estimate of drug-likeness (QED) is 0.281. The van der Waals surface area contributed by atoms with Gasteiger partial charge in [0, 0.05) is 0 Å². The van der Waals surface area contributed by atoms with Gasteiger partial charge in [0.2, 0.25) is 0 Å². The molecule has 0 aliphatic carbocycles. The molecule has 13 heteroatoms. The number of hydrogen-bond donors (Lipinski definition) is 4. The summed E-state index contributed by atoms with van der Waals surface area (Å²) >= 11 is 3.32. The van der Waals surface area contributed by atoms with Crippen LogP contribution < -0.4 is 0 Å². The predicted molar refractivity (Wildman–Crippen MR) is 112 cm³/mol. The lowest BCUT2D eigenvalue weighted by molar-refractivity contribution is -0.0514. The molecule has 11 nitrogen and oxygen atoms in total. The van der Waals surface area contributed by atoms with Crippen LogP contribution in [0.15, 0.2) is 41.4 Å². The first-order chi connectivity index (χ1) is 14.7. The van der Waals surface area contributed by atoms with Crippen LogP contribution in [0.4, 0.5) is 0 Å². The molecule has 0 saturated carbocycles. The van der Waals surface area contributed by atoms with Crippen LogP contribution in [0.5, 0.6) is 0 Å². The molecule has 0 unspecified atom stereocenters. The molecule has 1 aliphatic heterocycles. The van der Waals surface area contributed by atoms with Crippen molar-refractivity contribution >= 4 is 47.1 Å². The Hall–Kier alpha value is -2.02. The van der Waals surface area contributed by atoms with Crippen LogP contribution in [0.25, 0.3) is 23.3 Å². The van der Waals surface area contributed by atoms with E-state index in [4.69, 9.17) is 14.5 Å². The Labute approximate surface area is 184 Å². The molecule has 0 bridgehead atoms. The zero-order valence-corrected chi connectivity index (χ0v) is 18.2. The second-order valence-corrected chi connectivity index (χ2v) is 8.71. The van der Waals surface area contributed by atoms with Crippen LogP contribution in [0, 0.1) is 0 Å². The van der Waals surface area contributed by atoms with Gasteiger partial charge in [0.1, 0.15) is 30.2 Å². The molecular weight excluding hydrogens is 495 g/mol. The zero-order chi connectivity index (χ0) is 22.2. The average Bonchev–Trinajstić information content (AvgIpc) is 3.21. The van der Waals surface area contributed by atoms with Gasteiger partial charge in [0.25, 0.3) is 0 Å². The third kappa shape index (κ3) is 4.76. The monoisotopic (exact) mass is 512 g/mol. The number of hydrogen-bond acceptors (Lipinski definition) is 8. The second kappa shape index (κ2) is 8.85. The molecule has 31 heavy (non-hydrogen) atoms. The molecule has 3 aromatic rings. The summed E-state index contributed by atoms with van der Waals surface area (Å²) in [5.74, 6) is 0. The Morgan fingerprint density at radius 1 is 1.16 bits per heavy atom. The van der Waals surface area contributed by atoms with Crippen molar-refractivity contribution < 1.29 is 33.8 Å². The SMILES string of the molecule is O=P(O)(O)OC[C@H]1O[C@@H](n2c(Br)nc3c(C=Cc4ccccc4)ncnc32)[C@H](O)[C@@H]1O. The van der Waals surface area contributed by atoms with Gasteiger partial charge >= 0.3 is 7.82 Å². The van der Waals surface area contributed by atoms with Crippen LogP contribution in [0.1, 0.15) is 17.5 Å². The van der Waals surface area contributed by atoms with Gasteiger partial charge < -0.3 is 24.7 Å². The Kier molecular flexibility index (Phi) is 6.33. The van der Waals surface area contributed by atoms with Gasteiger partial charge in [-0.2, -0.15) is 0 Å². The minimum atomic E-state index is -4.76. The van der Waals surface area contributed by atoms with Gasteiger partial charge in [-0.3, -0.25) is 9.09 Å². The van der Waals surface area contributed by atoms with Crippen molar-refractivity contribution in [3.63, 3.8) is 0 Å². The van der Waals surface area contributed by atoms with E-state index >= 15 is 0 Å². The number of aliphatic hydroxyl groups excluding tert-OH is 2. The van der Waals surface area contributed by atoms with E-state index in [-0.39, 0.29) is 4.73 Å². The van der Waals surface area contributed by atoms with Crippen molar-refractivity contribution in [1.82, 2.24) is 19.5 Å². The molecule has 2 aromatic heterocycles. The number of nitrogens with zero attached hydrogens (tertiary/aromatic N) is 4. The van der Waals surface area contributed by atoms with Gasteiger partial charge in [-0.1, -0.05) is 36.4 Å². The Balaban J connectivity index is 1.65. The molecule has 1 aromatic carbocycles. The molecule has 4 rings (SSSR count). The fourth-order valence-corrected chi connectivity index (χ4v) is 4.13. The number of aromatic nitrogens is 4. The summed E-state index contributed by atoms with van der Waals surface area (Å²) in [6, 6.07) is 9.62. The smallest absolute Gasteiger partial charge is 0.387 e. The molecule has 1 saturated heterocycles. The second-order valence-electron chi connectivity index (χ2n) is 6.76.